The van der Waals surface area contributed by atoms with Crippen LogP contribution in [0, 0.1) is 0 Å². The molecule has 1 aromatic heterocycles. The van der Waals surface area contributed by atoms with Crippen LogP contribution < -0.4 is 5.32 Å². The van der Waals surface area contributed by atoms with Crippen LogP contribution >= 0.6 is 11.8 Å². The van der Waals surface area contributed by atoms with Crippen LogP contribution in [0.1, 0.15) is 19.1 Å². The third-order valence-corrected chi connectivity index (χ3v) is 3.17. The molecule has 3 heteroatoms. The molecule has 0 aromatic carbocycles. The van der Waals surface area contributed by atoms with Crippen molar-refractivity contribution < 1.29 is 4.42 Å². The normalized spacial score (nSPS) is 13.1. The summed E-state index contributed by atoms with van der Waals surface area (Å²) in [6.07, 6.45) is 2.91. The molecule has 74 valence electrons. The van der Waals surface area contributed by atoms with E-state index in [0.717, 1.165) is 17.3 Å². The molecule has 0 amide bonds. The second-order valence-electron chi connectivity index (χ2n) is 2.99. The zero-order valence-corrected chi connectivity index (χ0v) is 9.06. The highest BCUT2D eigenvalue weighted by Gasteiger charge is 2.03. The highest BCUT2D eigenvalue weighted by molar-refractivity contribution is 7.98. The summed E-state index contributed by atoms with van der Waals surface area (Å²) in [6, 6.07) is 4.58. The molecule has 1 aromatic rings. The van der Waals surface area contributed by atoms with Crippen molar-refractivity contribution >= 4 is 11.8 Å². The first kappa shape index (κ1) is 10.7. The number of hydrogen-bond donors (Lipinski definition) is 1. The van der Waals surface area contributed by atoms with Gasteiger partial charge in [-0.2, -0.15) is 11.8 Å². The van der Waals surface area contributed by atoms with Gasteiger partial charge in [0.05, 0.1) is 12.0 Å². The second-order valence-corrected chi connectivity index (χ2v) is 4.02. The van der Waals surface area contributed by atoms with Crippen LogP contribution in [0.3, 0.4) is 0 Å². The maximum Gasteiger partial charge on any atom is 0.113 e. The molecule has 0 bridgehead atoms. The van der Waals surface area contributed by atoms with Crippen molar-refractivity contribution in [2.75, 3.05) is 12.8 Å². The van der Waals surface area contributed by atoms with Crippen molar-refractivity contribution in [1.29, 1.82) is 0 Å². The summed E-state index contributed by atoms with van der Waals surface area (Å²) in [5.41, 5.74) is 0. The van der Waals surface area contributed by atoms with Crippen LogP contribution in [0.4, 0.5) is 0 Å². The van der Waals surface area contributed by atoms with Crippen LogP contribution in [-0.4, -0.2) is 18.8 Å². The Morgan fingerprint density at radius 3 is 3.00 bits per heavy atom. The number of hydrogen-bond acceptors (Lipinski definition) is 3. The average molecular weight is 199 g/mol. The fraction of sp³-hybridized carbons (Fsp3) is 0.600. The lowest BCUT2D eigenvalue weighted by molar-refractivity contribution is 0.530. The molecule has 0 fully saturated rings. The highest BCUT2D eigenvalue weighted by atomic mass is 32.2. The van der Waals surface area contributed by atoms with Gasteiger partial charge in [0.15, 0.2) is 0 Å². The number of thioether (sulfide) groups is 1. The van der Waals surface area contributed by atoms with Gasteiger partial charge in [-0.1, -0.05) is 6.92 Å². The molecular weight excluding hydrogens is 182 g/mol. The minimum absolute atomic E-state index is 0.625. The molecule has 1 unspecified atom stereocenters. The van der Waals surface area contributed by atoms with E-state index in [1.165, 1.54) is 6.42 Å². The van der Waals surface area contributed by atoms with E-state index in [9.17, 15) is 0 Å². The van der Waals surface area contributed by atoms with E-state index in [1.807, 2.05) is 30.9 Å². The minimum Gasteiger partial charge on any atom is -0.468 e. The van der Waals surface area contributed by atoms with E-state index in [4.69, 9.17) is 4.42 Å². The smallest absolute Gasteiger partial charge is 0.113 e. The standard InChI is InChI=1S/C10H17NOS/c1-3-9(11-2)7-13-8-10-5-4-6-12-10/h4-6,9,11H,3,7-8H2,1-2H3. The van der Waals surface area contributed by atoms with Crippen LogP contribution in [0.2, 0.25) is 0 Å². The molecule has 0 aliphatic heterocycles. The molecule has 0 saturated carbocycles. The first-order valence-corrected chi connectivity index (χ1v) is 5.79. The van der Waals surface area contributed by atoms with Crippen molar-refractivity contribution in [2.45, 2.75) is 25.1 Å². The fourth-order valence-corrected chi connectivity index (χ4v) is 2.27. The van der Waals surface area contributed by atoms with Gasteiger partial charge in [-0.3, -0.25) is 0 Å². The lowest BCUT2D eigenvalue weighted by Gasteiger charge is -2.11. The first-order chi connectivity index (χ1) is 6.36. The lowest BCUT2D eigenvalue weighted by Crippen LogP contribution is -2.26. The summed E-state index contributed by atoms with van der Waals surface area (Å²) < 4.78 is 5.24. The largest absolute Gasteiger partial charge is 0.468 e. The summed E-state index contributed by atoms with van der Waals surface area (Å²) in [4.78, 5) is 0. The van der Waals surface area contributed by atoms with E-state index in [-0.39, 0.29) is 0 Å². The van der Waals surface area contributed by atoms with Crippen molar-refractivity contribution in [1.82, 2.24) is 5.32 Å². The highest BCUT2D eigenvalue weighted by Crippen LogP contribution is 2.13. The maximum absolute atomic E-state index is 5.24. The maximum atomic E-state index is 5.24. The molecule has 0 radical (unpaired) electrons. The molecule has 2 nitrogen and oxygen atoms in total. The Morgan fingerprint density at radius 2 is 2.46 bits per heavy atom. The molecule has 13 heavy (non-hydrogen) atoms. The first-order valence-electron chi connectivity index (χ1n) is 4.64. The molecular formula is C10H17NOS. The average Bonchev–Trinajstić information content (AvgIpc) is 2.65. The van der Waals surface area contributed by atoms with Gasteiger partial charge in [-0.05, 0) is 25.6 Å². The summed E-state index contributed by atoms with van der Waals surface area (Å²) in [7, 11) is 2.02. The van der Waals surface area contributed by atoms with Gasteiger partial charge in [0.25, 0.3) is 0 Å². The van der Waals surface area contributed by atoms with E-state index in [2.05, 4.69) is 12.2 Å². The lowest BCUT2D eigenvalue weighted by atomic mass is 10.3. The van der Waals surface area contributed by atoms with Crippen molar-refractivity contribution in [3.63, 3.8) is 0 Å². The summed E-state index contributed by atoms with van der Waals surface area (Å²) in [5.74, 6) is 3.19. The van der Waals surface area contributed by atoms with Gasteiger partial charge in [0.2, 0.25) is 0 Å². The van der Waals surface area contributed by atoms with E-state index in [1.54, 1.807) is 6.26 Å². The SMILES string of the molecule is CCC(CSCc1ccco1)NC. The van der Waals surface area contributed by atoms with Gasteiger partial charge in [0, 0.05) is 11.8 Å². The zero-order chi connectivity index (χ0) is 9.52. The molecule has 1 rings (SSSR count). The second kappa shape index (κ2) is 6.11. The molecule has 1 N–H and O–H groups in total. The quantitative estimate of drug-likeness (QED) is 0.762. The molecule has 0 aliphatic rings. The van der Waals surface area contributed by atoms with Gasteiger partial charge < -0.3 is 9.73 Å². The van der Waals surface area contributed by atoms with Gasteiger partial charge in [-0.25, -0.2) is 0 Å². The Hall–Kier alpha value is -0.410. The van der Waals surface area contributed by atoms with E-state index < -0.39 is 0 Å². The predicted octanol–water partition coefficient (Wildman–Crippen LogP) is 2.51. The minimum atomic E-state index is 0.625. The number of rotatable bonds is 6. The van der Waals surface area contributed by atoms with Gasteiger partial charge in [-0.15, -0.1) is 0 Å². The Kier molecular flexibility index (Phi) is 5.01. The molecule has 1 heterocycles. The topological polar surface area (TPSA) is 25.2 Å². The van der Waals surface area contributed by atoms with E-state index >= 15 is 0 Å². The van der Waals surface area contributed by atoms with Crippen LogP contribution in [0.25, 0.3) is 0 Å². The van der Waals surface area contributed by atoms with Crippen LogP contribution in [0.5, 0.6) is 0 Å². The van der Waals surface area contributed by atoms with Gasteiger partial charge >= 0.3 is 0 Å². The number of nitrogens with one attached hydrogen (secondary N) is 1. The van der Waals surface area contributed by atoms with Crippen LogP contribution in [-0.2, 0) is 5.75 Å². The molecule has 0 saturated heterocycles. The third-order valence-electron chi connectivity index (χ3n) is 2.04. The number of furan rings is 1. The third kappa shape index (κ3) is 3.87. The van der Waals surface area contributed by atoms with Crippen molar-refractivity contribution in [2.24, 2.45) is 0 Å². The Morgan fingerprint density at radius 1 is 1.62 bits per heavy atom. The van der Waals surface area contributed by atoms with Crippen molar-refractivity contribution in [3.05, 3.63) is 24.2 Å². The van der Waals surface area contributed by atoms with Crippen LogP contribution in [0.15, 0.2) is 22.8 Å². The fourth-order valence-electron chi connectivity index (χ4n) is 1.10. The summed E-state index contributed by atoms with van der Waals surface area (Å²) >= 11 is 1.91. The molecule has 0 spiro atoms. The Labute approximate surface area is 84.1 Å². The molecule has 0 aliphatic carbocycles. The van der Waals surface area contributed by atoms with Gasteiger partial charge in [0.1, 0.15) is 5.76 Å². The van der Waals surface area contributed by atoms with E-state index in [0.29, 0.717) is 6.04 Å². The Balaban J connectivity index is 2.13. The zero-order valence-electron chi connectivity index (χ0n) is 8.25. The van der Waals surface area contributed by atoms with Crippen molar-refractivity contribution in [3.8, 4) is 0 Å². The summed E-state index contributed by atoms with van der Waals surface area (Å²) in [5, 5.41) is 3.28. The Bertz CT molecular complexity index is 207. The monoisotopic (exact) mass is 199 g/mol. The summed E-state index contributed by atoms with van der Waals surface area (Å²) in [6.45, 7) is 2.20. The molecule has 1 atom stereocenters. The predicted molar refractivity (Wildman–Crippen MR) is 58.0 cm³/mol.